The van der Waals surface area contributed by atoms with Gasteiger partial charge in [0.1, 0.15) is 18.2 Å². The van der Waals surface area contributed by atoms with Gasteiger partial charge in [-0.15, -0.1) is 0 Å². The van der Waals surface area contributed by atoms with Crippen molar-refractivity contribution in [3.05, 3.63) is 75.6 Å². The lowest BCUT2D eigenvalue weighted by molar-refractivity contribution is -0.133. The first-order chi connectivity index (χ1) is 14.9. The highest BCUT2D eigenvalue weighted by Crippen LogP contribution is 2.29. The number of pyridine rings is 1. The van der Waals surface area contributed by atoms with E-state index in [-0.39, 0.29) is 12.5 Å². The summed E-state index contributed by atoms with van der Waals surface area (Å²) in [5.41, 5.74) is 4.50. The molecule has 7 heteroatoms. The van der Waals surface area contributed by atoms with Gasteiger partial charge in [0, 0.05) is 35.4 Å². The molecule has 1 amide bonds. The standard InChI is InChI=1S/C24H28ClN5O/c1-16-12-19(13-21-6-4-5-7-22(21)25)14-23(26-16)20-8-10-29(11-9-20)24(31)15-30-18(3)27-17(2)28-30/h4-7,12,14,20H,8-11,13,15H2,1-3H3. The van der Waals surface area contributed by atoms with E-state index in [0.29, 0.717) is 11.7 Å². The normalized spacial score (nSPS) is 14.8. The maximum absolute atomic E-state index is 12.7. The Morgan fingerprint density at radius 3 is 2.52 bits per heavy atom. The number of aryl methyl sites for hydroxylation is 3. The summed E-state index contributed by atoms with van der Waals surface area (Å²) in [4.78, 5) is 23.8. The first-order valence-corrected chi connectivity index (χ1v) is 11.1. The zero-order valence-corrected chi connectivity index (χ0v) is 19.1. The van der Waals surface area contributed by atoms with Crippen molar-refractivity contribution in [1.82, 2.24) is 24.6 Å². The Morgan fingerprint density at radius 2 is 1.84 bits per heavy atom. The number of hydrogen-bond donors (Lipinski definition) is 0. The van der Waals surface area contributed by atoms with Crippen molar-refractivity contribution in [2.45, 2.75) is 52.5 Å². The van der Waals surface area contributed by atoms with E-state index in [1.165, 1.54) is 5.56 Å². The number of nitrogens with zero attached hydrogens (tertiary/aromatic N) is 5. The Morgan fingerprint density at radius 1 is 1.10 bits per heavy atom. The molecule has 2 aromatic heterocycles. The van der Waals surface area contributed by atoms with E-state index in [1.54, 1.807) is 4.68 Å². The molecule has 0 atom stereocenters. The Hall–Kier alpha value is -2.73. The Kier molecular flexibility index (Phi) is 6.37. The van der Waals surface area contributed by atoms with Gasteiger partial charge >= 0.3 is 0 Å². The maximum atomic E-state index is 12.7. The van der Waals surface area contributed by atoms with Gasteiger partial charge in [0.25, 0.3) is 0 Å². The van der Waals surface area contributed by atoms with Crippen LogP contribution in [0.1, 0.15) is 52.9 Å². The molecule has 0 N–H and O–H groups in total. The van der Waals surface area contributed by atoms with E-state index in [9.17, 15) is 4.79 Å². The molecule has 1 aromatic carbocycles. The molecule has 0 spiro atoms. The summed E-state index contributed by atoms with van der Waals surface area (Å²) in [5, 5.41) is 5.10. The lowest BCUT2D eigenvalue weighted by Gasteiger charge is -2.32. The number of aromatic nitrogens is 4. The largest absolute Gasteiger partial charge is 0.341 e. The van der Waals surface area contributed by atoms with Crippen LogP contribution in [0.3, 0.4) is 0 Å². The smallest absolute Gasteiger partial charge is 0.244 e. The quantitative estimate of drug-likeness (QED) is 0.598. The van der Waals surface area contributed by atoms with Crippen molar-refractivity contribution in [3.8, 4) is 0 Å². The fraction of sp³-hybridized carbons (Fsp3) is 0.417. The molecule has 1 fully saturated rings. The van der Waals surface area contributed by atoms with Crippen LogP contribution in [0.2, 0.25) is 5.02 Å². The molecule has 31 heavy (non-hydrogen) atoms. The molecule has 1 saturated heterocycles. The first-order valence-electron chi connectivity index (χ1n) is 10.8. The molecule has 3 heterocycles. The van der Waals surface area contributed by atoms with Crippen LogP contribution < -0.4 is 0 Å². The van der Waals surface area contributed by atoms with E-state index < -0.39 is 0 Å². The van der Waals surface area contributed by atoms with Crippen LogP contribution in [0, 0.1) is 20.8 Å². The molecule has 0 bridgehead atoms. The van der Waals surface area contributed by atoms with E-state index in [4.69, 9.17) is 16.6 Å². The number of halogens is 1. The van der Waals surface area contributed by atoms with Crippen LogP contribution in [0.5, 0.6) is 0 Å². The molecular weight excluding hydrogens is 410 g/mol. The van der Waals surface area contributed by atoms with Crippen LogP contribution >= 0.6 is 11.6 Å². The minimum absolute atomic E-state index is 0.100. The van der Waals surface area contributed by atoms with Gasteiger partial charge < -0.3 is 4.90 Å². The maximum Gasteiger partial charge on any atom is 0.244 e. The van der Waals surface area contributed by atoms with E-state index in [0.717, 1.165) is 60.2 Å². The Bertz CT molecular complexity index is 1090. The number of carbonyl (C=O) groups is 1. The highest BCUT2D eigenvalue weighted by atomic mass is 35.5. The topological polar surface area (TPSA) is 63.9 Å². The minimum atomic E-state index is 0.100. The molecule has 3 aromatic rings. The minimum Gasteiger partial charge on any atom is -0.341 e. The second-order valence-electron chi connectivity index (χ2n) is 8.33. The van der Waals surface area contributed by atoms with E-state index in [2.05, 4.69) is 28.3 Å². The van der Waals surface area contributed by atoms with Crippen LogP contribution in [-0.2, 0) is 17.8 Å². The lowest BCUT2D eigenvalue weighted by Crippen LogP contribution is -2.40. The molecule has 4 rings (SSSR count). The molecule has 0 saturated carbocycles. The zero-order chi connectivity index (χ0) is 22.0. The van der Waals surface area contributed by atoms with Crippen LogP contribution in [0.15, 0.2) is 36.4 Å². The fourth-order valence-corrected chi connectivity index (χ4v) is 4.51. The average molecular weight is 438 g/mol. The zero-order valence-electron chi connectivity index (χ0n) is 18.3. The van der Waals surface area contributed by atoms with Gasteiger partial charge in [-0.25, -0.2) is 9.67 Å². The van der Waals surface area contributed by atoms with Gasteiger partial charge in [-0.3, -0.25) is 9.78 Å². The van der Waals surface area contributed by atoms with Crippen molar-refractivity contribution in [2.75, 3.05) is 13.1 Å². The SMILES string of the molecule is Cc1cc(Cc2ccccc2Cl)cc(C2CCN(C(=O)Cn3nc(C)nc3C)CC2)n1. The summed E-state index contributed by atoms with van der Waals surface area (Å²) in [7, 11) is 0. The van der Waals surface area contributed by atoms with Gasteiger partial charge in [-0.2, -0.15) is 5.10 Å². The van der Waals surface area contributed by atoms with Crippen molar-refractivity contribution in [1.29, 1.82) is 0 Å². The molecule has 0 unspecified atom stereocenters. The molecular formula is C24H28ClN5O. The summed E-state index contributed by atoms with van der Waals surface area (Å²) >= 11 is 6.35. The van der Waals surface area contributed by atoms with E-state index in [1.807, 2.05) is 43.9 Å². The van der Waals surface area contributed by atoms with Crippen molar-refractivity contribution in [3.63, 3.8) is 0 Å². The highest BCUT2D eigenvalue weighted by molar-refractivity contribution is 6.31. The summed E-state index contributed by atoms with van der Waals surface area (Å²) in [5.74, 6) is 1.94. The summed E-state index contributed by atoms with van der Waals surface area (Å²) in [6, 6.07) is 12.3. The van der Waals surface area contributed by atoms with E-state index >= 15 is 0 Å². The van der Waals surface area contributed by atoms with Crippen LogP contribution in [0.25, 0.3) is 0 Å². The third-order valence-electron chi connectivity index (χ3n) is 5.90. The number of rotatable bonds is 5. The third kappa shape index (κ3) is 5.13. The second-order valence-corrected chi connectivity index (χ2v) is 8.74. The molecule has 1 aliphatic rings. The van der Waals surface area contributed by atoms with Gasteiger partial charge in [0.15, 0.2) is 0 Å². The highest BCUT2D eigenvalue weighted by Gasteiger charge is 2.25. The number of benzene rings is 1. The predicted molar refractivity (Wildman–Crippen MR) is 121 cm³/mol. The number of likely N-dealkylation sites (tertiary alicyclic amines) is 1. The first kappa shape index (κ1) is 21.5. The average Bonchev–Trinajstić information content (AvgIpc) is 3.06. The number of amides is 1. The van der Waals surface area contributed by atoms with Crippen LogP contribution in [0.4, 0.5) is 0 Å². The van der Waals surface area contributed by atoms with Crippen molar-refractivity contribution >= 4 is 17.5 Å². The third-order valence-corrected chi connectivity index (χ3v) is 6.27. The summed E-state index contributed by atoms with van der Waals surface area (Å²) in [6.07, 6.45) is 2.64. The van der Waals surface area contributed by atoms with Gasteiger partial charge in [0.2, 0.25) is 5.91 Å². The van der Waals surface area contributed by atoms with Gasteiger partial charge in [-0.05, 0) is 69.4 Å². The van der Waals surface area contributed by atoms with Gasteiger partial charge in [-0.1, -0.05) is 29.8 Å². The lowest BCUT2D eigenvalue weighted by atomic mass is 9.91. The number of piperidine rings is 1. The second kappa shape index (κ2) is 9.18. The Labute approximate surface area is 188 Å². The van der Waals surface area contributed by atoms with Crippen LogP contribution in [-0.4, -0.2) is 43.6 Å². The van der Waals surface area contributed by atoms with Crippen molar-refractivity contribution < 1.29 is 4.79 Å². The fourth-order valence-electron chi connectivity index (χ4n) is 4.30. The molecule has 162 valence electrons. The van der Waals surface area contributed by atoms with Gasteiger partial charge in [0.05, 0.1) is 0 Å². The number of carbonyl (C=O) groups excluding carboxylic acids is 1. The molecule has 0 radical (unpaired) electrons. The summed E-state index contributed by atoms with van der Waals surface area (Å²) < 4.78 is 1.69. The molecule has 0 aliphatic carbocycles. The van der Waals surface area contributed by atoms with Crippen molar-refractivity contribution in [2.24, 2.45) is 0 Å². The predicted octanol–water partition coefficient (Wildman–Crippen LogP) is 4.25. The molecule has 1 aliphatic heterocycles. The number of hydrogen-bond acceptors (Lipinski definition) is 4. The summed E-state index contributed by atoms with van der Waals surface area (Å²) in [6.45, 7) is 7.50. The molecule has 6 nitrogen and oxygen atoms in total. The Balaban J connectivity index is 1.40. The monoisotopic (exact) mass is 437 g/mol.